The van der Waals surface area contributed by atoms with Crippen LogP contribution in [0.15, 0.2) is 54.6 Å². The highest BCUT2D eigenvalue weighted by molar-refractivity contribution is 5.32. The summed E-state index contributed by atoms with van der Waals surface area (Å²) >= 11 is 0. The van der Waals surface area contributed by atoms with E-state index in [9.17, 15) is 5.11 Å². The first-order chi connectivity index (χ1) is 9.84. The Balaban J connectivity index is 1.65. The van der Waals surface area contributed by atoms with Crippen molar-refractivity contribution in [2.24, 2.45) is 0 Å². The molecule has 2 N–H and O–H groups in total. The Bertz CT molecular complexity index is 552. The van der Waals surface area contributed by atoms with Gasteiger partial charge in [0.2, 0.25) is 0 Å². The number of fused-ring (bicyclic) bond motifs is 1. The molecule has 0 fully saturated rings. The summed E-state index contributed by atoms with van der Waals surface area (Å²) in [7, 11) is 0. The Kier molecular flexibility index (Phi) is 4.14. The highest BCUT2D eigenvalue weighted by Crippen LogP contribution is 2.29. The fraction of sp³-hybridized carbons (Fsp3) is 0.333. The van der Waals surface area contributed by atoms with Gasteiger partial charge in [0, 0.05) is 12.6 Å². The summed E-state index contributed by atoms with van der Waals surface area (Å²) < 4.78 is 0. The fourth-order valence-corrected chi connectivity index (χ4v) is 3.01. The average Bonchev–Trinajstić information content (AvgIpc) is 2.53. The van der Waals surface area contributed by atoms with Crippen LogP contribution in [0.5, 0.6) is 0 Å². The van der Waals surface area contributed by atoms with E-state index in [0.717, 1.165) is 12.0 Å². The number of aliphatic hydroxyl groups excluding tert-OH is 1. The van der Waals surface area contributed by atoms with Crippen molar-refractivity contribution in [1.29, 1.82) is 0 Å². The number of nitrogens with one attached hydrogen (secondary N) is 1. The van der Waals surface area contributed by atoms with Crippen LogP contribution >= 0.6 is 0 Å². The number of rotatable bonds is 4. The molecule has 2 heteroatoms. The second-order valence-corrected chi connectivity index (χ2v) is 5.48. The minimum Gasteiger partial charge on any atom is -0.387 e. The third kappa shape index (κ3) is 2.92. The van der Waals surface area contributed by atoms with Crippen molar-refractivity contribution in [2.45, 2.75) is 31.4 Å². The lowest BCUT2D eigenvalue weighted by atomic mass is 9.87. The summed E-state index contributed by atoms with van der Waals surface area (Å²) in [6.45, 7) is 0.600. The highest BCUT2D eigenvalue weighted by atomic mass is 16.3. The first kappa shape index (κ1) is 13.3. The maximum absolute atomic E-state index is 10.2. The van der Waals surface area contributed by atoms with Crippen molar-refractivity contribution in [3.8, 4) is 0 Å². The summed E-state index contributed by atoms with van der Waals surface area (Å²) in [6.07, 6.45) is 3.11. The molecule has 20 heavy (non-hydrogen) atoms. The van der Waals surface area contributed by atoms with E-state index in [0.29, 0.717) is 12.6 Å². The number of hydrogen-bond acceptors (Lipinski definition) is 2. The standard InChI is InChI=1S/C18H21NO/c20-18(15-8-2-1-3-9-15)13-19-17-12-6-10-14-7-4-5-11-16(14)17/h1-5,7-9,11,17-20H,6,10,12-13H2/t17-,18+/m0/s1. The molecular formula is C18H21NO. The van der Waals surface area contributed by atoms with Gasteiger partial charge in [-0.1, -0.05) is 54.6 Å². The smallest absolute Gasteiger partial charge is 0.0914 e. The summed E-state index contributed by atoms with van der Waals surface area (Å²) in [6, 6.07) is 18.9. The van der Waals surface area contributed by atoms with Crippen molar-refractivity contribution in [1.82, 2.24) is 5.32 Å². The number of aliphatic hydroxyl groups is 1. The molecule has 0 radical (unpaired) electrons. The first-order valence-corrected chi connectivity index (χ1v) is 7.39. The molecule has 1 aliphatic carbocycles. The topological polar surface area (TPSA) is 32.3 Å². The molecule has 2 atom stereocenters. The monoisotopic (exact) mass is 267 g/mol. The minimum absolute atomic E-state index is 0.373. The molecule has 1 aliphatic rings. The Morgan fingerprint density at radius 3 is 2.65 bits per heavy atom. The van der Waals surface area contributed by atoms with Crippen molar-refractivity contribution < 1.29 is 5.11 Å². The number of benzene rings is 2. The van der Waals surface area contributed by atoms with Crippen molar-refractivity contribution in [3.63, 3.8) is 0 Å². The zero-order valence-electron chi connectivity index (χ0n) is 11.6. The van der Waals surface area contributed by atoms with Gasteiger partial charge in [-0.2, -0.15) is 0 Å². The third-order valence-electron chi connectivity index (χ3n) is 4.11. The van der Waals surface area contributed by atoms with Crippen LogP contribution in [0.1, 0.15) is 41.7 Å². The third-order valence-corrected chi connectivity index (χ3v) is 4.11. The van der Waals surface area contributed by atoms with Crippen LogP contribution in [0.25, 0.3) is 0 Å². The molecule has 3 rings (SSSR count). The Labute approximate surface area is 120 Å². The van der Waals surface area contributed by atoms with E-state index in [1.807, 2.05) is 30.3 Å². The van der Waals surface area contributed by atoms with Gasteiger partial charge in [0.15, 0.2) is 0 Å². The normalized spacial score (nSPS) is 19.4. The lowest BCUT2D eigenvalue weighted by Gasteiger charge is -2.27. The number of hydrogen-bond donors (Lipinski definition) is 2. The van der Waals surface area contributed by atoms with Gasteiger partial charge in [0.25, 0.3) is 0 Å². The first-order valence-electron chi connectivity index (χ1n) is 7.39. The van der Waals surface area contributed by atoms with Crippen LogP contribution in [-0.4, -0.2) is 11.7 Å². The second-order valence-electron chi connectivity index (χ2n) is 5.48. The molecule has 0 heterocycles. The van der Waals surface area contributed by atoms with Crippen molar-refractivity contribution in [2.75, 3.05) is 6.54 Å². The fourth-order valence-electron chi connectivity index (χ4n) is 3.01. The van der Waals surface area contributed by atoms with Gasteiger partial charge in [-0.15, -0.1) is 0 Å². The number of aryl methyl sites for hydroxylation is 1. The lowest BCUT2D eigenvalue weighted by molar-refractivity contribution is 0.168. The molecule has 2 aromatic carbocycles. The molecule has 0 spiro atoms. The summed E-state index contributed by atoms with van der Waals surface area (Å²) in [5.41, 5.74) is 3.83. The molecule has 0 aliphatic heterocycles. The Morgan fingerprint density at radius 2 is 1.80 bits per heavy atom. The molecule has 0 amide bonds. The van der Waals surface area contributed by atoms with Gasteiger partial charge < -0.3 is 10.4 Å². The molecule has 0 saturated heterocycles. The Hall–Kier alpha value is -1.64. The predicted octanol–water partition coefficient (Wildman–Crippen LogP) is 3.39. The summed E-state index contributed by atoms with van der Waals surface area (Å²) in [4.78, 5) is 0. The Morgan fingerprint density at radius 1 is 1.05 bits per heavy atom. The molecule has 0 bridgehead atoms. The van der Waals surface area contributed by atoms with Crippen molar-refractivity contribution in [3.05, 3.63) is 71.3 Å². The molecule has 2 nitrogen and oxygen atoms in total. The molecule has 2 aromatic rings. The van der Waals surface area contributed by atoms with E-state index in [1.54, 1.807) is 0 Å². The van der Waals surface area contributed by atoms with Crippen LogP contribution in [0.4, 0.5) is 0 Å². The van der Waals surface area contributed by atoms with Gasteiger partial charge >= 0.3 is 0 Å². The van der Waals surface area contributed by atoms with Gasteiger partial charge in [-0.25, -0.2) is 0 Å². The van der Waals surface area contributed by atoms with Crippen LogP contribution in [0.3, 0.4) is 0 Å². The largest absolute Gasteiger partial charge is 0.387 e. The quantitative estimate of drug-likeness (QED) is 0.890. The van der Waals surface area contributed by atoms with E-state index < -0.39 is 6.10 Å². The van der Waals surface area contributed by atoms with Crippen LogP contribution < -0.4 is 5.32 Å². The molecule has 0 unspecified atom stereocenters. The maximum atomic E-state index is 10.2. The van der Waals surface area contributed by atoms with Gasteiger partial charge in [0.05, 0.1) is 6.10 Å². The van der Waals surface area contributed by atoms with Crippen LogP contribution in [0, 0.1) is 0 Å². The highest BCUT2D eigenvalue weighted by Gasteiger charge is 2.20. The zero-order chi connectivity index (χ0) is 13.8. The van der Waals surface area contributed by atoms with Crippen LogP contribution in [-0.2, 0) is 6.42 Å². The van der Waals surface area contributed by atoms with E-state index in [2.05, 4.69) is 29.6 Å². The second kappa shape index (κ2) is 6.21. The van der Waals surface area contributed by atoms with E-state index in [-0.39, 0.29) is 0 Å². The van der Waals surface area contributed by atoms with Crippen LogP contribution in [0.2, 0.25) is 0 Å². The molecule has 0 aromatic heterocycles. The minimum atomic E-state index is -0.440. The van der Waals surface area contributed by atoms with Gasteiger partial charge in [-0.05, 0) is 36.0 Å². The lowest BCUT2D eigenvalue weighted by Crippen LogP contribution is -2.29. The van der Waals surface area contributed by atoms with E-state index in [4.69, 9.17) is 0 Å². The summed E-state index contributed by atoms with van der Waals surface area (Å²) in [5.74, 6) is 0. The maximum Gasteiger partial charge on any atom is 0.0914 e. The average molecular weight is 267 g/mol. The van der Waals surface area contributed by atoms with E-state index in [1.165, 1.54) is 24.0 Å². The predicted molar refractivity (Wildman–Crippen MR) is 81.5 cm³/mol. The van der Waals surface area contributed by atoms with Gasteiger partial charge in [0.1, 0.15) is 0 Å². The van der Waals surface area contributed by atoms with Crippen molar-refractivity contribution >= 4 is 0 Å². The van der Waals surface area contributed by atoms with E-state index >= 15 is 0 Å². The molecular weight excluding hydrogens is 246 g/mol. The summed E-state index contributed by atoms with van der Waals surface area (Å²) in [5, 5.41) is 13.8. The molecule has 0 saturated carbocycles. The SMILES string of the molecule is O[C@H](CN[C@H]1CCCc2ccccc21)c1ccccc1. The zero-order valence-corrected chi connectivity index (χ0v) is 11.6. The molecule has 104 valence electrons. The van der Waals surface area contributed by atoms with Gasteiger partial charge in [-0.3, -0.25) is 0 Å².